The molecule has 0 aliphatic carbocycles. The summed E-state index contributed by atoms with van der Waals surface area (Å²) < 4.78 is 16.8. The molecule has 0 fully saturated rings. The summed E-state index contributed by atoms with van der Waals surface area (Å²) in [7, 11) is 0. The molecule has 394 valence electrons. The number of ether oxygens (including phenoxy) is 3. The Balaban J connectivity index is 4.16. The predicted molar refractivity (Wildman–Crippen MR) is 293 cm³/mol. The third-order valence-electron chi connectivity index (χ3n) is 12.7. The van der Waals surface area contributed by atoms with Gasteiger partial charge in [-0.25, -0.2) is 0 Å². The summed E-state index contributed by atoms with van der Waals surface area (Å²) in [6.07, 6.45) is 71.0. The van der Waals surface area contributed by atoms with Crippen LogP contribution in [0.3, 0.4) is 0 Å². The van der Waals surface area contributed by atoms with E-state index in [0.717, 1.165) is 89.9 Å². The standard InChI is InChI=1S/C62H110O6/c1-4-7-10-13-16-18-20-22-24-26-28-30-31-33-34-36-38-40-42-44-46-49-52-55-61(64)67-58-59(57-66-60(63)54-51-48-15-12-9-6-3)68-62(65)56-53-50-47-45-43-41-39-37-35-32-29-27-25-23-21-19-17-14-11-8-5-2/h20-23,26-29,35,37,59H,4-19,24-25,30-34,36,38-58H2,1-3H3/b22-20-,23-21-,28-26-,29-27-,37-35-. The molecule has 0 spiro atoms. The summed E-state index contributed by atoms with van der Waals surface area (Å²) in [5, 5.41) is 0. The summed E-state index contributed by atoms with van der Waals surface area (Å²) >= 11 is 0. The number of allylic oxidation sites excluding steroid dienone is 10. The molecule has 68 heavy (non-hydrogen) atoms. The molecule has 0 aliphatic heterocycles. The third kappa shape index (κ3) is 54.1. The van der Waals surface area contributed by atoms with Gasteiger partial charge in [0.05, 0.1) is 0 Å². The van der Waals surface area contributed by atoms with E-state index in [9.17, 15) is 14.4 Å². The van der Waals surface area contributed by atoms with Crippen LogP contribution in [-0.4, -0.2) is 37.2 Å². The molecule has 0 bridgehead atoms. The van der Waals surface area contributed by atoms with Gasteiger partial charge in [-0.05, 0) is 89.9 Å². The molecule has 0 rings (SSSR count). The van der Waals surface area contributed by atoms with Gasteiger partial charge in [0.2, 0.25) is 0 Å². The number of carbonyl (C=O) groups is 3. The van der Waals surface area contributed by atoms with Crippen molar-refractivity contribution in [1.82, 2.24) is 0 Å². The molecule has 0 amide bonds. The minimum atomic E-state index is -0.779. The Labute approximate surface area is 421 Å². The van der Waals surface area contributed by atoms with Crippen LogP contribution in [0, 0.1) is 0 Å². The smallest absolute Gasteiger partial charge is 0.306 e. The van der Waals surface area contributed by atoms with Crippen molar-refractivity contribution < 1.29 is 28.6 Å². The molecule has 0 aromatic rings. The Morgan fingerprint density at radius 2 is 0.529 bits per heavy atom. The molecule has 0 aromatic carbocycles. The minimum Gasteiger partial charge on any atom is -0.462 e. The summed E-state index contributed by atoms with van der Waals surface area (Å²) in [5.41, 5.74) is 0. The number of hydrogen-bond acceptors (Lipinski definition) is 6. The number of carbonyl (C=O) groups excluding carboxylic acids is 3. The average molecular weight is 952 g/mol. The predicted octanol–water partition coefficient (Wildman–Crippen LogP) is 19.6. The van der Waals surface area contributed by atoms with Crippen LogP contribution in [0.4, 0.5) is 0 Å². The maximum atomic E-state index is 12.8. The van der Waals surface area contributed by atoms with Gasteiger partial charge in [0.15, 0.2) is 6.10 Å². The molecule has 0 N–H and O–H groups in total. The molecule has 0 radical (unpaired) electrons. The van der Waals surface area contributed by atoms with E-state index in [1.165, 1.54) is 167 Å². The van der Waals surface area contributed by atoms with Gasteiger partial charge in [-0.3, -0.25) is 14.4 Å². The van der Waals surface area contributed by atoms with Gasteiger partial charge in [0, 0.05) is 19.3 Å². The first kappa shape index (κ1) is 65.1. The molecule has 6 nitrogen and oxygen atoms in total. The third-order valence-corrected chi connectivity index (χ3v) is 12.7. The van der Waals surface area contributed by atoms with Gasteiger partial charge in [-0.2, -0.15) is 0 Å². The first-order valence-electron chi connectivity index (χ1n) is 29.3. The fourth-order valence-corrected chi connectivity index (χ4v) is 8.30. The van der Waals surface area contributed by atoms with Crippen molar-refractivity contribution in [2.75, 3.05) is 13.2 Å². The van der Waals surface area contributed by atoms with E-state index in [0.29, 0.717) is 19.3 Å². The molecular weight excluding hydrogens is 841 g/mol. The molecule has 0 saturated heterocycles. The van der Waals surface area contributed by atoms with E-state index in [-0.39, 0.29) is 31.1 Å². The summed E-state index contributed by atoms with van der Waals surface area (Å²) in [6, 6.07) is 0. The van der Waals surface area contributed by atoms with Gasteiger partial charge in [-0.1, -0.05) is 248 Å². The maximum absolute atomic E-state index is 12.8. The first-order chi connectivity index (χ1) is 33.5. The highest BCUT2D eigenvalue weighted by Gasteiger charge is 2.19. The largest absolute Gasteiger partial charge is 0.462 e. The van der Waals surface area contributed by atoms with Crippen molar-refractivity contribution in [1.29, 1.82) is 0 Å². The maximum Gasteiger partial charge on any atom is 0.306 e. The minimum absolute atomic E-state index is 0.0795. The molecular formula is C62H110O6. The van der Waals surface area contributed by atoms with E-state index in [2.05, 4.69) is 81.5 Å². The van der Waals surface area contributed by atoms with Crippen LogP contribution < -0.4 is 0 Å². The van der Waals surface area contributed by atoms with E-state index in [1.54, 1.807) is 0 Å². The van der Waals surface area contributed by atoms with E-state index < -0.39 is 6.10 Å². The Morgan fingerprint density at radius 3 is 0.824 bits per heavy atom. The Bertz CT molecular complexity index is 1230. The number of hydrogen-bond donors (Lipinski definition) is 0. The van der Waals surface area contributed by atoms with Crippen LogP contribution in [0.5, 0.6) is 0 Å². The van der Waals surface area contributed by atoms with Gasteiger partial charge >= 0.3 is 17.9 Å². The van der Waals surface area contributed by atoms with Crippen molar-refractivity contribution in [2.24, 2.45) is 0 Å². The Kier molecular flexibility index (Phi) is 54.3. The fourth-order valence-electron chi connectivity index (χ4n) is 8.30. The fraction of sp³-hybridized carbons (Fsp3) is 0.790. The second kappa shape index (κ2) is 56.7. The quantitative estimate of drug-likeness (QED) is 0.0262. The zero-order valence-corrected chi connectivity index (χ0v) is 45.1. The highest BCUT2D eigenvalue weighted by molar-refractivity contribution is 5.71. The molecule has 1 unspecified atom stereocenters. The van der Waals surface area contributed by atoms with Gasteiger partial charge in [0.1, 0.15) is 13.2 Å². The van der Waals surface area contributed by atoms with Crippen molar-refractivity contribution in [3.05, 3.63) is 60.8 Å². The van der Waals surface area contributed by atoms with Crippen molar-refractivity contribution >= 4 is 17.9 Å². The Hall–Kier alpha value is -2.89. The molecule has 0 heterocycles. The van der Waals surface area contributed by atoms with Crippen LogP contribution in [-0.2, 0) is 28.6 Å². The van der Waals surface area contributed by atoms with Crippen LogP contribution in [0.1, 0.15) is 297 Å². The number of unbranched alkanes of at least 4 members (excludes halogenated alkanes) is 32. The number of esters is 3. The van der Waals surface area contributed by atoms with Crippen molar-refractivity contribution in [3.63, 3.8) is 0 Å². The Morgan fingerprint density at radius 1 is 0.294 bits per heavy atom. The SMILES string of the molecule is CCCCCCC/C=C\C/C=C\C/C=C\CCCCCCCCC(=O)OC(COC(=O)CCCCCCCC)COC(=O)CCCCCCCCCCCCC/C=C\C/C=C\CCCCCCC. The average Bonchev–Trinajstić information content (AvgIpc) is 3.34. The second-order valence-corrected chi connectivity index (χ2v) is 19.6. The van der Waals surface area contributed by atoms with E-state index in [4.69, 9.17) is 14.2 Å². The highest BCUT2D eigenvalue weighted by atomic mass is 16.6. The molecule has 6 heteroatoms. The second-order valence-electron chi connectivity index (χ2n) is 19.6. The van der Waals surface area contributed by atoms with E-state index >= 15 is 0 Å². The lowest BCUT2D eigenvalue weighted by Gasteiger charge is -2.18. The zero-order chi connectivity index (χ0) is 49.3. The molecule has 0 saturated carbocycles. The van der Waals surface area contributed by atoms with Gasteiger partial charge < -0.3 is 14.2 Å². The lowest BCUT2D eigenvalue weighted by Crippen LogP contribution is -2.30. The van der Waals surface area contributed by atoms with Crippen LogP contribution in [0.2, 0.25) is 0 Å². The van der Waals surface area contributed by atoms with Crippen molar-refractivity contribution in [2.45, 2.75) is 303 Å². The van der Waals surface area contributed by atoms with Crippen LogP contribution in [0.25, 0.3) is 0 Å². The summed E-state index contributed by atoms with van der Waals surface area (Å²) in [4.78, 5) is 37.9. The molecule has 0 aromatic heterocycles. The van der Waals surface area contributed by atoms with Crippen LogP contribution >= 0.6 is 0 Å². The number of rotatable bonds is 53. The zero-order valence-electron chi connectivity index (χ0n) is 45.1. The topological polar surface area (TPSA) is 78.9 Å². The normalized spacial score (nSPS) is 12.5. The molecule has 1 atom stereocenters. The van der Waals surface area contributed by atoms with Gasteiger partial charge in [0.25, 0.3) is 0 Å². The van der Waals surface area contributed by atoms with E-state index in [1.807, 2.05) is 0 Å². The first-order valence-corrected chi connectivity index (χ1v) is 29.3. The summed E-state index contributed by atoms with van der Waals surface area (Å²) in [6.45, 7) is 6.57. The lowest BCUT2D eigenvalue weighted by atomic mass is 10.0. The highest BCUT2D eigenvalue weighted by Crippen LogP contribution is 2.15. The monoisotopic (exact) mass is 951 g/mol. The molecule has 0 aliphatic rings. The lowest BCUT2D eigenvalue weighted by molar-refractivity contribution is -0.167. The van der Waals surface area contributed by atoms with Crippen molar-refractivity contribution in [3.8, 4) is 0 Å². The summed E-state index contributed by atoms with van der Waals surface area (Å²) in [5.74, 6) is -0.894. The van der Waals surface area contributed by atoms with Crippen LogP contribution in [0.15, 0.2) is 60.8 Å². The van der Waals surface area contributed by atoms with Gasteiger partial charge in [-0.15, -0.1) is 0 Å².